The van der Waals surface area contributed by atoms with Crippen molar-refractivity contribution in [2.45, 2.75) is 6.54 Å². The molecule has 1 aromatic heterocycles. The van der Waals surface area contributed by atoms with E-state index in [1.807, 2.05) is 22.8 Å². The van der Waals surface area contributed by atoms with E-state index < -0.39 is 0 Å². The molecular weight excluding hydrogens is 202 g/mol. The van der Waals surface area contributed by atoms with Crippen molar-refractivity contribution in [3.8, 4) is 0 Å². The van der Waals surface area contributed by atoms with E-state index >= 15 is 0 Å². The van der Waals surface area contributed by atoms with Gasteiger partial charge in [0.1, 0.15) is 0 Å². The lowest BCUT2D eigenvalue weighted by Gasteiger charge is -2.12. The molecule has 0 aliphatic heterocycles. The smallest absolute Gasteiger partial charge is 0.282 e. The summed E-state index contributed by atoms with van der Waals surface area (Å²) >= 11 is 0. The first kappa shape index (κ1) is 10.4. The van der Waals surface area contributed by atoms with Crippen molar-refractivity contribution in [3.63, 3.8) is 0 Å². The number of para-hydroxylation sites is 1. The van der Waals surface area contributed by atoms with Gasteiger partial charge in [0.2, 0.25) is 5.95 Å². The van der Waals surface area contributed by atoms with Gasteiger partial charge in [0, 0.05) is 13.6 Å². The maximum atomic E-state index is 11.7. The highest BCUT2D eigenvalue weighted by atomic mass is 16.1. The highest BCUT2D eigenvalue weighted by Gasteiger charge is 2.07. The zero-order chi connectivity index (χ0) is 11.5. The van der Waals surface area contributed by atoms with Crippen molar-refractivity contribution >= 4 is 16.9 Å². The van der Waals surface area contributed by atoms with E-state index in [0.717, 1.165) is 5.52 Å². The van der Waals surface area contributed by atoms with Crippen LogP contribution in [-0.4, -0.2) is 16.6 Å². The van der Waals surface area contributed by atoms with E-state index in [-0.39, 0.29) is 5.56 Å². The van der Waals surface area contributed by atoms with Crippen molar-refractivity contribution in [2.24, 2.45) is 0 Å². The molecule has 82 valence electrons. The Balaban J connectivity index is 2.86. The molecule has 1 aromatic carbocycles. The van der Waals surface area contributed by atoms with Crippen molar-refractivity contribution in [1.82, 2.24) is 9.55 Å². The number of rotatable bonds is 3. The molecule has 0 aliphatic carbocycles. The minimum absolute atomic E-state index is 0.208. The summed E-state index contributed by atoms with van der Waals surface area (Å²) in [5.41, 5.74) is 0.659. The van der Waals surface area contributed by atoms with Gasteiger partial charge < -0.3 is 9.88 Å². The van der Waals surface area contributed by atoms with E-state index in [1.54, 1.807) is 19.2 Å². The van der Waals surface area contributed by atoms with Gasteiger partial charge in [0.15, 0.2) is 0 Å². The van der Waals surface area contributed by atoms with Gasteiger partial charge in [0.25, 0.3) is 5.56 Å². The number of nitrogens with one attached hydrogen (secondary N) is 1. The number of fused-ring (bicyclic) bond motifs is 1. The van der Waals surface area contributed by atoms with Gasteiger partial charge >= 0.3 is 0 Å². The maximum Gasteiger partial charge on any atom is 0.282 e. The molecule has 4 heteroatoms. The average Bonchev–Trinajstić information content (AvgIpc) is 2.33. The Kier molecular flexibility index (Phi) is 2.72. The lowest BCUT2D eigenvalue weighted by molar-refractivity contribution is 0.830. The number of hydrogen-bond donors (Lipinski definition) is 1. The normalized spacial score (nSPS) is 10.3. The van der Waals surface area contributed by atoms with Crippen LogP contribution >= 0.6 is 0 Å². The largest absolute Gasteiger partial charge is 0.359 e. The summed E-state index contributed by atoms with van der Waals surface area (Å²) in [7, 11) is 1.75. The molecule has 0 aliphatic rings. The van der Waals surface area contributed by atoms with Crippen LogP contribution in [-0.2, 0) is 6.54 Å². The fraction of sp³-hybridized carbons (Fsp3) is 0.167. The van der Waals surface area contributed by atoms with Gasteiger partial charge in [-0.2, -0.15) is 4.98 Å². The summed E-state index contributed by atoms with van der Waals surface area (Å²) in [5, 5.41) is 3.55. The highest BCUT2D eigenvalue weighted by Crippen LogP contribution is 2.13. The summed E-state index contributed by atoms with van der Waals surface area (Å²) in [6, 6.07) is 7.43. The van der Waals surface area contributed by atoms with Crippen LogP contribution < -0.4 is 10.9 Å². The molecule has 1 heterocycles. The second-order valence-corrected chi connectivity index (χ2v) is 3.41. The van der Waals surface area contributed by atoms with Gasteiger partial charge in [-0.05, 0) is 12.1 Å². The first-order valence-corrected chi connectivity index (χ1v) is 5.06. The monoisotopic (exact) mass is 215 g/mol. The third-order valence-corrected chi connectivity index (χ3v) is 2.42. The van der Waals surface area contributed by atoms with Crippen LogP contribution in [0.25, 0.3) is 10.9 Å². The second-order valence-electron chi connectivity index (χ2n) is 3.41. The average molecular weight is 215 g/mol. The van der Waals surface area contributed by atoms with Gasteiger partial charge in [-0.3, -0.25) is 4.79 Å². The maximum absolute atomic E-state index is 11.7. The predicted octanol–water partition coefficient (Wildman–Crippen LogP) is 1.62. The summed E-state index contributed by atoms with van der Waals surface area (Å²) in [6.07, 6.45) is 1.78. The van der Waals surface area contributed by atoms with Crippen molar-refractivity contribution in [2.75, 3.05) is 12.4 Å². The number of aromatic nitrogens is 2. The first-order chi connectivity index (χ1) is 7.77. The number of anilines is 1. The van der Waals surface area contributed by atoms with E-state index in [1.165, 1.54) is 0 Å². The zero-order valence-electron chi connectivity index (χ0n) is 9.10. The lowest BCUT2D eigenvalue weighted by atomic mass is 10.2. The van der Waals surface area contributed by atoms with Crippen LogP contribution in [0, 0.1) is 0 Å². The van der Waals surface area contributed by atoms with Crippen LogP contribution in [0.5, 0.6) is 0 Å². The minimum atomic E-state index is -0.208. The fourth-order valence-corrected chi connectivity index (χ4v) is 1.73. The van der Waals surface area contributed by atoms with E-state index in [2.05, 4.69) is 16.9 Å². The Morgan fingerprint density at radius 2 is 2.25 bits per heavy atom. The second kappa shape index (κ2) is 4.18. The Morgan fingerprint density at radius 3 is 2.94 bits per heavy atom. The Labute approximate surface area is 93.2 Å². The molecule has 0 fully saturated rings. The quantitative estimate of drug-likeness (QED) is 0.791. The van der Waals surface area contributed by atoms with Gasteiger partial charge in [0.05, 0.1) is 10.9 Å². The van der Waals surface area contributed by atoms with E-state index in [9.17, 15) is 4.79 Å². The third kappa shape index (κ3) is 1.58. The minimum Gasteiger partial charge on any atom is -0.359 e. The Bertz CT molecular complexity index is 586. The van der Waals surface area contributed by atoms with Crippen LogP contribution in [0.1, 0.15) is 0 Å². The molecule has 16 heavy (non-hydrogen) atoms. The Hall–Kier alpha value is -2.10. The molecule has 0 amide bonds. The predicted molar refractivity (Wildman–Crippen MR) is 65.7 cm³/mol. The molecular formula is C12H13N3O. The van der Waals surface area contributed by atoms with Crippen molar-refractivity contribution in [1.29, 1.82) is 0 Å². The van der Waals surface area contributed by atoms with Crippen LogP contribution in [0.15, 0.2) is 41.7 Å². The van der Waals surface area contributed by atoms with Crippen molar-refractivity contribution < 1.29 is 0 Å². The topological polar surface area (TPSA) is 46.9 Å². The number of benzene rings is 1. The Morgan fingerprint density at radius 1 is 1.50 bits per heavy atom. The number of allylic oxidation sites excluding steroid dienone is 1. The SMILES string of the molecule is C=CCn1c(NC)nc(=O)c2ccccc21. The number of hydrogen-bond acceptors (Lipinski definition) is 3. The van der Waals surface area contributed by atoms with Crippen LogP contribution in [0.4, 0.5) is 5.95 Å². The van der Waals surface area contributed by atoms with Crippen LogP contribution in [0.3, 0.4) is 0 Å². The van der Waals surface area contributed by atoms with Gasteiger partial charge in [-0.15, -0.1) is 6.58 Å². The molecule has 0 spiro atoms. The van der Waals surface area contributed by atoms with Gasteiger partial charge in [-0.25, -0.2) is 0 Å². The molecule has 0 radical (unpaired) electrons. The molecule has 1 N–H and O–H groups in total. The number of nitrogens with zero attached hydrogens (tertiary/aromatic N) is 2. The standard InChI is InChI=1S/C12H13N3O/c1-3-8-15-10-7-5-4-6-9(10)11(16)14-12(15)13-2/h3-7H,1,8H2,2H3,(H,13,14,16). The van der Waals surface area contributed by atoms with E-state index in [0.29, 0.717) is 17.9 Å². The summed E-state index contributed by atoms with van der Waals surface area (Å²) < 4.78 is 1.92. The summed E-state index contributed by atoms with van der Waals surface area (Å²) in [4.78, 5) is 15.7. The molecule has 2 rings (SSSR count). The summed E-state index contributed by atoms with van der Waals surface area (Å²) in [6.45, 7) is 4.32. The van der Waals surface area contributed by atoms with Crippen molar-refractivity contribution in [3.05, 3.63) is 47.3 Å². The highest BCUT2D eigenvalue weighted by molar-refractivity contribution is 5.79. The molecule has 0 saturated heterocycles. The molecule has 0 saturated carbocycles. The molecule has 2 aromatic rings. The molecule has 0 unspecified atom stereocenters. The summed E-state index contributed by atoms with van der Waals surface area (Å²) in [5.74, 6) is 0.559. The molecule has 0 atom stereocenters. The lowest BCUT2D eigenvalue weighted by Crippen LogP contribution is -2.17. The van der Waals surface area contributed by atoms with Gasteiger partial charge in [-0.1, -0.05) is 18.2 Å². The molecule has 4 nitrogen and oxygen atoms in total. The zero-order valence-corrected chi connectivity index (χ0v) is 9.10. The molecule has 0 bridgehead atoms. The van der Waals surface area contributed by atoms with E-state index in [4.69, 9.17) is 0 Å². The third-order valence-electron chi connectivity index (χ3n) is 2.42. The van der Waals surface area contributed by atoms with Crippen LogP contribution in [0.2, 0.25) is 0 Å². The first-order valence-electron chi connectivity index (χ1n) is 5.06. The fourth-order valence-electron chi connectivity index (χ4n) is 1.73.